The molecule has 0 saturated carbocycles. The Hall–Kier alpha value is -1.66. The Bertz CT molecular complexity index is 351. The predicted molar refractivity (Wildman–Crippen MR) is 48.0 cm³/mol. The highest BCUT2D eigenvalue weighted by atomic mass is 16.6. The van der Waals surface area contributed by atoms with E-state index in [4.69, 9.17) is 10.3 Å². The number of hydrogen-bond donors (Lipinski definition) is 2. The highest BCUT2D eigenvalue weighted by Crippen LogP contribution is 2.23. The van der Waals surface area contributed by atoms with Crippen LogP contribution in [0.1, 0.15) is 5.56 Å². The lowest BCUT2D eigenvalue weighted by atomic mass is 10.1. The van der Waals surface area contributed by atoms with Crippen LogP contribution in [-0.2, 0) is 6.54 Å². The summed E-state index contributed by atoms with van der Waals surface area (Å²) in [4.78, 5) is 9.98. The largest absolute Gasteiger partial charge is 0.508 e. The minimum atomic E-state index is -0.557. The number of hydrogen-bond acceptors (Lipinski definition) is 5. The molecule has 0 saturated heterocycles. The molecular weight excluding hydrogens is 188 g/mol. The van der Waals surface area contributed by atoms with Gasteiger partial charge in [0.2, 0.25) is 0 Å². The van der Waals surface area contributed by atoms with Gasteiger partial charge in [-0.1, -0.05) is 0 Å². The normalized spacial score (nSPS) is 10.5. The van der Waals surface area contributed by atoms with E-state index in [9.17, 15) is 10.1 Å². The van der Waals surface area contributed by atoms with Gasteiger partial charge in [-0.25, -0.2) is 0 Å². The Morgan fingerprint density at radius 2 is 2.21 bits per heavy atom. The second kappa shape index (κ2) is 4.03. The van der Waals surface area contributed by atoms with Gasteiger partial charge in [0.25, 0.3) is 5.69 Å². The first-order valence-electron chi connectivity index (χ1n) is 3.87. The summed E-state index contributed by atoms with van der Waals surface area (Å²) in [7, 11) is 1.37. The maximum absolute atomic E-state index is 10.5. The topological polar surface area (TPSA) is 86.8 Å². The first-order valence-corrected chi connectivity index (χ1v) is 3.87. The Morgan fingerprint density at radius 1 is 1.57 bits per heavy atom. The third-order valence-electron chi connectivity index (χ3n) is 1.66. The Kier molecular flexibility index (Phi) is 3.00. The van der Waals surface area contributed by atoms with Gasteiger partial charge in [-0.2, -0.15) is 5.06 Å². The van der Waals surface area contributed by atoms with Crippen LogP contribution in [0.15, 0.2) is 18.2 Å². The van der Waals surface area contributed by atoms with Crippen LogP contribution in [0.5, 0.6) is 5.75 Å². The van der Waals surface area contributed by atoms with Crippen LogP contribution >= 0.6 is 0 Å². The third-order valence-corrected chi connectivity index (χ3v) is 1.66. The molecule has 0 unspecified atom stereocenters. The minimum Gasteiger partial charge on any atom is -0.508 e. The van der Waals surface area contributed by atoms with E-state index in [1.54, 1.807) is 0 Å². The van der Waals surface area contributed by atoms with Crippen molar-refractivity contribution in [3.05, 3.63) is 33.9 Å². The standard InChI is InChI=1S/C8H10N2O4/c1-9(12)5-6-4-7(11)2-3-8(6)10(13)14/h2-4,11-12H,5H2,1H3. The number of benzene rings is 1. The lowest BCUT2D eigenvalue weighted by Gasteiger charge is -2.08. The highest BCUT2D eigenvalue weighted by Gasteiger charge is 2.14. The molecule has 6 heteroatoms. The molecule has 14 heavy (non-hydrogen) atoms. The maximum atomic E-state index is 10.5. The van der Waals surface area contributed by atoms with Crippen LogP contribution in [0.4, 0.5) is 5.69 Å². The van der Waals surface area contributed by atoms with Crippen molar-refractivity contribution in [3.8, 4) is 5.75 Å². The van der Waals surface area contributed by atoms with Gasteiger partial charge in [0, 0.05) is 18.7 Å². The van der Waals surface area contributed by atoms with Gasteiger partial charge in [0.05, 0.1) is 11.5 Å². The molecule has 0 aliphatic rings. The lowest BCUT2D eigenvalue weighted by Crippen LogP contribution is -2.12. The van der Waals surface area contributed by atoms with Gasteiger partial charge in [0.15, 0.2) is 0 Å². The van der Waals surface area contributed by atoms with Crippen LogP contribution in [0.2, 0.25) is 0 Å². The molecule has 0 aliphatic carbocycles. The van der Waals surface area contributed by atoms with Crippen molar-refractivity contribution in [1.29, 1.82) is 0 Å². The number of phenols is 1. The molecule has 6 nitrogen and oxygen atoms in total. The van der Waals surface area contributed by atoms with E-state index in [1.165, 1.54) is 25.2 Å². The zero-order valence-corrected chi connectivity index (χ0v) is 7.54. The number of nitrogens with zero attached hydrogens (tertiary/aromatic N) is 2. The fraction of sp³-hybridized carbons (Fsp3) is 0.250. The van der Waals surface area contributed by atoms with Crippen LogP contribution in [0.3, 0.4) is 0 Å². The lowest BCUT2D eigenvalue weighted by molar-refractivity contribution is -0.386. The van der Waals surface area contributed by atoms with Crippen molar-refractivity contribution < 1.29 is 15.2 Å². The average molecular weight is 198 g/mol. The summed E-state index contributed by atoms with van der Waals surface area (Å²) < 4.78 is 0. The second-order valence-corrected chi connectivity index (χ2v) is 2.89. The zero-order chi connectivity index (χ0) is 10.7. The Labute approximate surface area is 80.1 Å². The highest BCUT2D eigenvalue weighted by molar-refractivity contribution is 5.44. The van der Waals surface area contributed by atoms with Crippen molar-refractivity contribution >= 4 is 5.69 Å². The van der Waals surface area contributed by atoms with E-state index >= 15 is 0 Å². The molecule has 0 aromatic heterocycles. The fourth-order valence-electron chi connectivity index (χ4n) is 1.12. The van der Waals surface area contributed by atoms with Crippen LogP contribution < -0.4 is 0 Å². The second-order valence-electron chi connectivity index (χ2n) is 2.89. The van der Waals surface area contributed by atoms with Gasteiger partial charge in [0.1, 0.15) is 5.75 Å². The predicted octanol–water partition coefficient (Wildman–Crippen LogP) is 1.12. The summed E-state index contributed by atoms with van der Waals surface area (Å²) in [6.07, 6.45) is 0. The van der Waals surface area contributed by atoms with E-state index in [1.807, 2.05) is 0 Å². The number of hydroxylamine groups is 2. The Morgan fingerprint density at radius 3 is 2.71 bits per heavy atom. The van der Waals surface area contributed by atoms with Crippen LogP contribution in [-0.4, -0.2) is 27.3 Å². The molecule has 2 N–H and O–H groups in total. The number of nitro benzene ring substituents is 1. The average Bonchev–Trinajstić information content (AvgIpc) is 2.01. The molecule has 76 valence electrons. The molecule has 0 spiro atoms. The van der Waals surface area contributed by atoms with Gasteiger partial charge in [-0.05, 0) is 12.1 Å². The maximum Gasteiger partial charge on any atom is 0.274 e. The smallest absolute Gasteiger partial charge is 0.274 e. The molecule has 0 aliphatic heterocycles. The summed E-state index contributed by atoms with van der Waals surface area (Å²) in [5.41, 5.74) is 0.142. The number of phenolic OH excluding ortho intramolecular Hbond substituents is 1. The quantitative estimate of drug-likeness (QED) is 0.561. The van der Waals surface area contributed by atoms with E-state index in [0.717, 1.165) is 5.06 Å². The summed E-state index contributed by atoms with van der Waals surface area (Å²) in [6.45, 7) is -0.00921. The van der Waals surface area contributed by atoms with E-state index in [2.05, 4.69) is 0 Å². The van der Waals surface area contributed by atoms with Gasteiger partial charge >= 0.3 is 0 Å². The van der Waals surface area contributed by atoms with E-state index in [-0.39, 0.29) is 23.5 Å². The van der Waals surface area contributed by atoms with Gasteiger partial charge < -0.3 is 10.3 Å². The molecule has 0 amide bonds. The van der Waals surface area contributed by atoms with Crippen molar-refractivity contribution in [1.82, 2.24) is 5.06 Å². The Balaban J connectivity index is 3.09. The fourth-order valence-corrected chi connectivity index (χ4v) is 1.12. The monoisotopic (exact) mass is 198 g/mol. The molecule has 0 atom stereocenters. The van der Waals surface area contributed by atoms with E-state index < -0.39 is 4.92 Å². The molecular formula is C8H10N2O4. The molecule has 0 radical (unpaired) electrons. The minimum absolute atomic E-state index is 0.00921. The molecule has 0 fully saturated rings. The van der Waals surface area contributed by atoms with Crippen LogP contribution in [0.25, 0.3) is 0 Å². The SMILES string of the molecule is CN(O)Cc1cc(O)ccc1[N+](=O)[O-]. The van der Waals surface area contributed by atoms with Crippen molar-refractivity contribution in [2.24, 2.45) is 0 Å². The molecule has 1 aromatic rings. The summed E-state index contributed by atoms with van der Waals surface area (Å²) in [6, 6.07) is 3.69. The zero-order valence-electron chi connectivity index (χ0n) is 7.54. The summed E-state index contributed by atoms with van der Waals surface area (Å²) >= 11 is 0. The summed E-state index contributed by atoms with van der Waals surface area (Å²) in [5.74, 6) is -0.0625. The van der Waals surface area contributed by atoms with Crippen molar-refractivity contribution in [2.75, 3.05) is 7.05 Å². The number of nitro groups is 1. The van der Waals surface area contributed by atoms with Crippen molar-refractivity contribution in [3.63, 3.8) is 0 Å². The van der Waals surface area contributed by atoms with Crippen molar-refractivity contribution in [2.45, 2.75) is 6.54 Å². The first-order chi connectivity index (χ1) is 6.50. The molecule has 1 rings (SSSR count). The van der Waals surface area contributed by atoms with Gasteiger partial charge in [-0.15, -0.1) is 0 Å². The van der Waals surface area contributed by atoms with E-state index in [0.29, 0.717) is 0 Å². The molecule has 0 bridgehead atoms. The summed E-state index contributed by atoms with van der Waals surface area (Å²) in [5, 5.41) is 29.4. The first kappa shape index (κ1) is 10.4. The number of aromatic hydroxyl groups is 1. The number of rotatable bonds is 3. The molecule has 1 aromatic carbocycles. The van der Waals surface area contributed by atoms with Crippen LogP contribution in [0, 0.1) is 10.1 Å². The van der Waals surface area contributed by atoms with Gasteiger partial charge in [-0.3, -0.25) is 10.1 Å². The third kappa shape index (κ3) is 2.41. The molecule has 0 heterocycles.